The summed E-state index contributed by atoms with van der Waals surface area (Å²) in [5, 5.41) is 10.7. The highest BCUT2D eigenvalue weighted by Gasteiger charge is 2.91. The van der Waals surface area contributed by atoms with Crippen LogP contribution in [-0.4, -0.2) is 47.9 Å². The minimum atomic E-state index is -0.364. The second-order valence-corrected chi connectivity index (χ2v) is 11.3. The van der Waals surface area contributed by atoms with Crippen LogP contribution in [-0.2, 0) is 18.6 Å². The first-order chi connectivity index (χ1) is 11.8. The second kappa shape index (κ2) is 4.56. The summed E-state index contributed by atoms with van der Waals surface area (Å²) in [7, 11) is -0.607. The Kier molecular flexibility index (Phi) is 3.16. The maximum absolute atomic E-state index is 10.9. The van der Waals surface area contributed by atoms with Crippen molar-refractivity contribution in [3.8, 4) is 0 Å². The lowest BCUT2D eigenvalue weighted by Crippen LogP contribution is -2.41. The Bertz CT molecular complexity index is 628. The fourth-order valence-electron chi connectivity index (χ4n) is 6.33. The summed E-state index contributed by atoms with van der Waals surface area (Å²) in [5.74, 6) is 1.06. The van der Waals surface area contributed by atoms with Gasteiger partial charge in [-0.2, -0.15) is 0 Å². The molecule has 2 heterocycles. The van der Waals surface area contributed by atoms with Crippen LogP contribution >= 0.6 is 0 Å². The summed E-state index contributed by atoms with van der Waals surface area (Å²) < 4.78 is 25.8. The van der Waals surface area contributed by atoms with E-state index in [9.17, 15) is 5.11 Å². The van der Waals surface area contributed by atoms with E-state index in [0.717, 1.165) is 6.42 Å². The first kappa shape index (κ1) is 18.0. The molecule has 6 unspecified atom stereocenters. The van der Waals surface area contributed by atoms with Gasteiger partial charge in [-0.3, -0.25) is 0 Å². The van der Waals surface area contributed by atoms with Gasteiger partial charge in [-0.15, -0.1) is 0 Å². The van der Waals surface area contributed by atoms with Gasteiger partial charge >= 0.3 is 14.2 Å². The van der Waals surface area contributed by atoms with Crippen molar-refractivity contribution in [1.29, 1.82) is 0 Å². The molecule has 1 N–H and O–H groups in total. The van der Waals surface area contributed by atoms with Crippen molar-refractivity contribution in [2.24, 2.45) is 17.8 Å². The van der Waals surface area contributed by atoms with E-state index in [0.29, 0.717) is 5.92 Å². The molecule has 4 saturated carbocycles. The minimum Gasteiger partial charge on any atom is -0.403 e. The molecule has 0 aromatic heterocycles. The van der Waals surface area contributed by atoms with Crippen molar-refractivity contribution in [1.82, 2.24) is 0 Å². The molecule has 4 aliphatic carbocycles. The van der Waals surface area contributed by atoms with Crippen LogP contribution in [0.2, 0.25) is 11.1 Å². The highest BCUT2D eigenvalue weighted by atomic mass is 16.7. The van der Waals surface area contributed by atoms with Crippen molar-refractivity contribution < 1.29 is 23.7 Å². The monoisotopic (exact) mass is 362 g/mol. The number of aliphatic hydroxyl groups excluding tert-OH is 1. The zero-order valence-corrected chi connectivity index (χ0v) is 17.3. The van der Waals surface area contributed by atoms with E-state index in [1.807, 2.05) is 0 Å². The van der Waals surface area contributed by atoms with Crippen molar-refractivity contribution >= 4 is 14.2 Å². The Labute approximate surface area is 157 Å². The predicted octanol–water partition coefficient (Wildman–Crippen LogP) is 2.92. The molecule has 144 valence electrons. The molecule has 7 heteroatoms. The largest absolute Gasteiger partial charge is 0.464 e. The molecular weight excluding hydrogens is 330 g/mol. The standard InChI is InChI=1S/C19H32B2O5/c1-15(2)16(3,4)24-20(23-15)14-10-9-11-12(13(10)22)19(11,14)21-25-17(5,6)18(7,8)26-21/h10-14,22H,9H2,1-8H3. The summed E-state index contributed by atoms with van der Waals surface area (Å²) in [5.41, 5.74) is -1.45. The van der Waals surface area contributed by atoms with Crippen LogP contribution in [0.25, 0.3) is 0 Å². The van der Waals surface area contributed by atoms with Crippen molar-refractivity contribution in [2.75, 3.05) is 0 Å². The smallest absolute Gasteiger partial charge is 0.403 e. The maximum Gasteiger partial charge on any atom is 0.464 e. The van der Waals surface area contributed by atoms with E-state index in [-0.39, 0.29) is 65.7 Å². The van der Waals surface area contributed by atoms with Gasteiger partial charge in [-0.1, -0.05) is 0 Å². The average molecular weight is 362 g/mol. The van der Waals surface area contributed by atoms with Gasteiger partial charge in [0.05, 0.1) is 28.5 Å². The Hall–Kier alpha value is -0.0701. The molecule has 6 rings (SSSR count). The van der Waals surface area contributed by atoms with E-state index in [4.69, 9.17) is 18.6 Å². The molecule has 0 aromatic carbocycles. The lowest BCUT2D eigenvalue weighted by atomic mass is 9.50. The van der Waals surface area contributed by atoms with E-state index in [1.54, 1.807) is 0 Å². The predicted molar refractivity (Wildman–Crippen MR) is 99.7 cm³/mol. The zero-order valence-electron chi connectivity index (χ0n) is 17.3. The third-order valence-electron chi connectivity index (χ3n) is 9.14. The molecular formula is C19H32B2O5. The molecule has 6 atom stereocenters. The van der Waals surface area contributed by atoms with E-state index in [2.05, 4.69) is 55.4 Å². The lowest BCUT2D eigenvalue weighted by Gasteiger charge is -2.32. The van der Waals surface area contributed by atoms with Crippen LogP contribution in [0.5, 0.6) is 0 Å². The molecule has 2 aliphatic heterocycles. The maximum atomic E-state index is 10.9. The first-order valence-corrected chi connectivity index (χ1v) is 10.2. The van der Waals surface area contributed by atoms with Crippen molar-refractivity contribution in [3.05, 3.63) is 0 Å². The Morgan fingerprint density at radius 1 is 0.769 bits per heavy atom. The summed E-state index contributed by atoms with van der Waals surface area (Å²) in [4.78, 5) is 0. The Balaban J connectivity index is 1.50. The lowest BCUT2D eigenvalue weighted by molar-refractivity contribution is 0.00578. The molecule has 0 spiro atoms. The number of aliphatic hydroxyl groups is 1. The highest BCUT2D eigenvalue weighted by Crippen LogP contribution is 2.91. The zero-order chi connectivity index (χ0) is 19.1. The van der Waals surface area contributed by atoms with E-state index >= 15 is 0 Å². The second-order valence-electron chi connectivity index (χ2n) is 11.3. The summed E-state index contributed by atoms with van der Waals surface area (Å²) >= 11 is 0. The van der Waals surface area contributed by atoms with Gasteiger partial charge in [0.2, 0.25) is 0 Å². The van der Waals surface area contributed by atoms with Crippen LogP contribution in [0.15, 0.2) is 0 Å². The normalized spacial score (nSPS) is 51.3. The van der Waals surface area contributed by atoms with Gasteiger partial charge in [-0.05, 0) is 79.6 Å². The van der Waals surface area contributed by atoms with Crippen molar-refractivity contribution in [3.63, 3.8) is 0 Å². The first-order valence-electron chi connectivity index (χ1n) is 10.2. The third-order valence-corrected chi connectivity index (χ3v) is 9.14. The fourth-order valence-corrected chi connectivity index (χ4v) is 6.33. The van der Waals surface area contributed by atoms with E-state index in [1.165, 1.54) is 0 Å². The Morgan fingerprint density at radius 2 is 1.23 bits per heavy atom. The Morgan fingerprint density at radius 3 is 1.65 bits per heavy atom. The van der Waals surface area contributed by atoms with Crippen LogP contribution in [0, 0.1) is 17.8 Å². The van der Waals surface area contributed by atoms with Crippen LogP contribution in [0.3, 0.4) is 0 Å². The summed E-state index contributed by atoms with van der Waals surface area (Å²) in [6.07, 6.45) is 0.744. The molecule has 5 nitrogen and oxygen atoms in total. The molecule has 0 aromatic rings. The van der Waals surface area contributed by atoms with Crippen LogP contribution < -0.4 is 0 Å². The molecule has 6 fully saturated rings. The van der Waals surface area contributed by atoms with Gasteiger partial charge in [0.25, 0.3) is 0 Å². The summed E-state index contributed by atoms with van der Waals surface area (Å²) in [6.45, 7) is 16.8. The number of hydrogen-bond donors (Lipinski definition) is 1. The molecule has 0 amide bonds. The average Bonchev–Trinajstić information content (AvgIpc) is 2.77. The molecule has 0 radical (unpaired) electrons. The summed E-state index contributed by atoms with van der Waals surface area (Å²) in [6, 6.07) is 0. The van der Waals surface area contributed by atoms with Crippen LogP contribution in [0.1, 0.15) is 61.8 Å². The van der Waals surface area contributed by atoms with Gasteiger partial charge in [0.1, 0.15) is 0 Å². The minimum absolute atomic E-state index is 0.128. The molecule has 2 saturated heterocycles. The third kappa shape index (κ3) is 1.79. The van der Waals surface area contributed by atoms with Gasteiger partial charge < -0.3 is 23.7 Å². The van der Waals surface area contributed by atoms with E-state index < -0.39 is 0 Å². The highest BCUT2D eigenvalue weighted by molar-refractivity contribution is 6.58. The molecule has 26 heavy (non-hydrogen) atoms. The van der Waals surface area contributed by atoms with Gasteiger partial charge in [-0.25, -0.2) is 0 Å². The number of hydrogen-bond acceptors (Lipinski definition) is 5. The topological polar surface area (TPSA) is 57.2 Å². The van der Waals surface area contributed by atoms with Gasteiger partial charge in [0.15, 0.2) is 0 Å². The fraction of sp³-hybridized carbons (Fsp3) is 1.00. The van der Waals surface area contributed by atoms with Gasteiger partial charge in [0, 0.05) is 11.1 Å². The van der Waals surface area contributed by atoms with Crippen LogP contribution in [0.4, 0.5) is 0 Å². The molecule has 6 aliphatic rings. The molecule has 4 bridgehead atoms. The quantitative estimate of drug-likeness (QED) is 0.766. The van der Waals surface area contributed by atoms with Crippen molar-refractivity contribution in [2.45, 2.75) is 101 Å². The SMILES string of the molecule is CC1(C)OB(C2C3CC4C(C3O)C42B2OC(C)(C)C(C)(C)O2)OC1(C)C. The number of rotatable bonds is 2.